The maximum Gasteiger partial charge on any atom is 0.221 e. The predicted octanol–water partition coefficient (Wildman–Crippen LogP) is 4.80. The predicted molar refractivity (Wildman–Crippen MR) is 109 cm³/mol. The molecule has 0 radical (unpaired) electrons. The first kappa shape index (κ1) is 18.4. The number of nitrogens with one attached hydrogen (secondary N) is 1. The van der Waals surface area contributed by atoms with Gasteiger partial charge in [-0.1, -0.05) is 23.7 Å². The molecule has 28 heavy (non-hydrogen) atoms. The van der Waals surface area contributed by atoms with Crippen molar-refractivity contribution in [1.82, 2.24) is 4.98 Å². The SMILES string of the molecule is NC(=O)Cc1ccc(Nc2cc(-c3cc(F)cc(Cl)c3)nc3c2CCC3)cc1. The van der Waals surface area contributed by atoms with Crippen molar-refractivity contribution in [2.75, 3.05) is 5.32 Å². The van der Waals surface area contributed by atoms with Crippen LogP contribution in [0.4, 0.5) is 15.8 Å². The number of nitrogens with zero attached hydrogens (tertiary/aromatic N) is 1. The molecule has 0 atom stereocenters. The van der Waals surface area contributed by atoms with Crippen LogP contribution in [0.5, 0.6) is 0 Å². The quantitative estimate of drug-likeness (QED) is 0.652. The number of hydrogen-bond donors (Lipinski definition) is 2. The van der Waals surface area contributed by atoms with Gasteiger partial charge in [0.2, 0.25) is 5.91 Å². The summed E-state index contributed by atoms with van der Waals surface area (Å²) in [5.41, 5.74) is 11.5. The number of hydrogen-bond acceptors (Lipinski definition) is 3. The highest BCUT2D eigenvalue weighted by Crippen LogP contribution is 2.34. The second kappa shape index (κ2) is 7.60. The molecule has 0 spiro atoms. The molecule has 3 aromatic rings. The summed E-state index contributed by atoms with van der Waals surface area (Å²) in [5.74, 6) is -0.740. The number of aryl methyl sites for hydroxylation is 1. The van der Waals surface area contributed by atoms with Gasteiger partial charge in [0.05, 0.1) is 12.1 Å². The Labute approximate surface area is 167 Å². The van der Waals surface area contributed by atoms with Gasteiger partial charge in [-0.05, 0) is 66.8 Å². The van der Waals surface area contributed by atoms with Crippen LogP contribution < -0.4 is 11.1 Å². The van der Waals surface area contributed by atoms with Crippen LogP contribution in [0.25, 0.3) is 11.3 Å². The number of carbonyl (C=O) groups is 1. The molecule has 6 heteroatoms. The zero-order valence-electron chi connectivity index (χ0n) is 15.1. The van der Waals surface area contributed by atoms with Gasteiger partial charge >= 0.3 is 0 Å². The van der Waals surface area contributed by atoms with E-state index < -0.39 is 0 Å². The standard InChI is InChI=1S/C22H19ClFN3O/c23-15-9-14(10-16(24)11-15)20-12-21(18-2-1-3-19(18)27-20)26-17-6-4-13(5-7-17)8-22(25)28/h4-7,9-12H,1-3,8H2,(H2,25,28)(H,26,27). The van der Waals surface area contributed by atoms with Crippen LogP contribution >= 0.6 is 11.6 Å². The van der Waals surface area contributed by atoms with E-state index in [2.05, 4.69) is 5.32 Å². The van der Waals surface area contributed by atoms with E-state index in [1.54, 1.807) is 6.07 Å². The van der Waals surface area contributed by atoms with Crippen molar-refractivity contribution in [3.8, 4) is 11.3 Å². The largest absolute Gasteiger partial charge is 0.369 e. The normalized spacial score (nSPS) is 12.6. The molecule has 1 aliphatic carbocycles. The summed E-state index contributed by atoms with van der Waals surface area (Å²) in [6.45, 7) is 0. The molecule has 0 saturated heterocycles. The minimum absolute atomic E-state index is 0.218. The van der Waals surface area contributed by atoms with E-state index in [0.29, 0.717) is 16.3 Å². The molecule has 0 fully saturated rings. The molecule has 4 rings (SSSR count). The van der Waals surface area contributed by atoms with Gasteiger partial charge in [-0.3, -0.25) is 9.78 Å². The molecule has 1 aliphatic rings. The summed E-state index contributed by atoms with van der Waals surface area (Å²) in [4.78, 5) is 15.8. The van der Waals surface area contributed by atoms with E-state index in [-0.39, 0.29) is 18.1 Å². The van der Waals surface area contributed by atoms with Gasteiger partial charge in [0.1, 0.15) is 5.82 Å². The maximum absolute atomic E-state index is 13.8. The van der Waals surface area contributed by atoms with Crippen LogP contribution in [0.3, 0.4) is 0 Å². The number of fused-ring (bicyclic) bond motifs is 1. The number of carbonyl (C=O) groups excluding carboxylic acids is 1. The second-order valence-corrected chi connectivity index (χ2v) is 7.39. The number of benzene rings is 2. The average molecular weight is 396 g/mol. The number of anilines is 2. The Morgan fingerprint density at radius 1 is 1.14 bits per heavy atom. The van der Waals surface area contributed by atoms with Gasteiger partial charge in [-0.15, -0.1) is 0 Å². The molecule has 0 aliphatic heterocycles. The minimum atomic E-state index is -0.385. The van der Waals surface area contributed by atoms with Gasteiger partial charge in [0.25, 0.3) is 0 Å². The smallest absolute Gasteiger partial charge is 0.221 e. The van der Waals surface area contributed by atoms with Crippen LogP contribution in [0.2, 0.25) is 5.02 Å². The van der Waals surface area contributed by atoms with Crippen LogP contribution in [-0.2, 0) is 24.1 Å². The Kier molecular flexibility index (Phi) is 5.01. The fourth-order valence-corrected chi connectivity index (χ4v) is 3.79. The number of nitrogens with two attached hydrogens (primary N) is 1. The molecule has 0 unspecified atom stereocenters. The molecule has 1 amide bonds. The number of halogens is 2. The van der Waals surface area contributed by atoms with Gasteiger partial charge < -0.3 is 11.1 Å². The lowest BCUT2D eigenvalue weighted by Gasteiger charge is -2.14. The molecule has 142 valence electrons. The summed E-state index contributed by atoms with van der Waals surface area (Å²) in [6.07, 6.45) is 3.12. The lowest BCUT2D eigenvalue weighted by molar-refractivity contribution is -0.117. The zero-order chi connectivity index (χ0) is 19.7. The third-order valence-corrected chi connectivity index (χ3v) is 5.04. The molecule has 3 N–H and O–H groups in total. The van der Waals surface area contributed by atoms with Gasteiger partial charge in [-0.25, -0.2) is 4.39 Å². The Morgan fingerprint density at radius 3 is 2.64 bits per heavy atom. The van der Waals surface area contributed by atoms with Crippen molar-refractivity contribution in [1.29, 1.82) is 0 Å². The summed E-state index contributed by atoms with van der Waals surface area (Å²) in [6, 6.07) is 14.0. The molecule has 2 aromatic carbocycles. The van der Waals surface area contributed by atoms with E-state index in [4.69, 9.17) is 22.3 Å². The number of rotatable bonds is 5. The molecular formula is C22H19ClFN3O. The lowest BCUT2D eigenvalue weighted by Crippen LogP contribution is -2.13. The second-order valence-electron chi connectivity index (χ2n) is 6.96. The first-order chi connectivity index (χ1) is 13.5. The summed E-state index contributed by atoms with van der Waals surface area (Å²) in [5, 5.41) is 3.79. The van der Waals surface area contributed by atoms with Crippen molar-refractivity contribution >= 4 is 28.9 Å². The van der Waals surface area contributed by atoms with Crippen molar-refractivity contribution in [3.05, 3.63) is 76.2 Å². The van der Waals surface area contributed by atoms with Gasteiger partial charge in [0, 0.05) is 27.7 Å². The first-order valence-corrected chi connectivity index (χ1v) is 9.49. The number of amides is 1. The fourth-order valence-electron chi connectivity index (χ4n) is 3.57. The van der Waals surface area contributed by atoms with E-state index >= 15 is 0 Å². The number of primary amides is 1. The van der Waals surface area contributed by atoms with Crippen molar-refractivity contribution in [3.63, 3.8) is 0 Å². The number of aromatic nitrogens is 1. The third kappa shape index (κ3) is 3.99. The van der Waals surface area contributed by atoms with Crippen molar-refractivity contribution in [2.45, 2.75) is 25.7 Å². The van der Waals surface area contributed by atoms with Crippen LogP contribution in [0.15, 0.2) is 48.5 Å². The molecule has 0 bridgehead atoms. The first-order valence-electron chi connectivity index (χ1n) is 9.11. The fraction of sp³-hybridized carbons (Fsp3) is 0.182. The lowest BCUT2D eigenvalue weighted by atomic mass is 10.1. The molecule has 0 saturated carbocycles. The Morgan fingerprint density at radius 2 is 1.93 bits per heavy atom. The highest BCUT2D eigenvalue weighted by molar-refractivity contribution is 6.30. The van der Waals surface area contributed by atoms with Gasteiger partial charge in [-0.2, -0.15) is 0 Å². The van der Waals surface area contributed by atoms with E-state index in [1.165, 1.54) is 17.7 Å². The Hall–Kier alpha value is -2.92. The summed E-state index contributed by atoms with van der Waals surface area (Å²) >= 11 is 6.02. The van der Waals surface area contributed by atoms with Crippen molar-refractivity contribution < 1.29 is 9.18 Å². The number of pyridine rings is 1. The molecule has 4 nitrogen and oxygen atoms in total. The topological polar surface area (TPSA) is 68.0 Å². The van der Waals surface area contributed by atoms with E-state index in [0.717, 1.165) is 41.9 Å². The third-order valence-electron chi connectivity index (χ3n) is 4.82. The monoisotopic (exact) mass is 395 g/mol. The Balaban J connectivity index is 1.68. The van der Waals surface area contributed by atoms with Crippen molar-refractivity contribution in [2.24, 2.45) is 5.73 Å². The zero-order valence-corrected chi connectivity index (χ0v) is 15.9. The van der Waals surface area contributed by atoms with Crippen LogP contribution in [-0.4, -0.2) is 10.9 Å². The minimum Gasteiger partial charge on any atom is -0.369 e. The highest BCUT2D eigenvalue weighted by Gasteiger charge is 2.19. The molecule has 1 heterocycles. The molecular weight excluding hydrogens is 377 g/mol. The van der Waals surface area contributed by atoms with E-state index in [1.807, 2.05) is 30.3 Å². The summed E-state index contributed by atoms with van der Waals surface area (Å²) < 4.78 is 13.8. The van der Waals surface area contributed by atoms with Crippen LogP contribution in [0.1, 0.15) is 23.2 Å². The maximum atomic E-state index is 13.8. The Bertz CT molecular complexity index is 1030. The average Bonchev–Trinajstić information content (AvgIpc) is 3.11. The summed E-state index contributed by atoms with van der Waals surface area (Å²) in [7, 11) is 0. The highest BCUT2D eigenvalue weighted by atomic mass is 35.5. The van der Waals surface area contributed by atoms with Gasteiger partial charge in [0.15, 0.2) is 0 Å². The van der Waals surface area contributed by atoms with E-state index in [9.17, 15) is 9.18 Å². The van der Waals surface area contributed by atoms with Crippen LogP contribution in [0, 0.1) is 5.82 Å². The molecule has 1 aromatic heterocycles.